The molecule has 6 nitrogen and oxygen atoms in total. The fraction of sp³-hybridized carbons (Fsp3) is 1.00. The molecule has 0 aromatic heterocycles. The van der Waals surface area contributed by atoms with E-state index in [1.54, 1.807) is 0 Å². The van der Waals surface area contributed by atoms with Gasteiger partial charge in [0.2, 0.25) is 12.6 Å². The van der Waals surface area contributed by atoms with Gasteiger partial charge in [-0.1, -0.05) is 0 Å². The average molecular weight is 206 g/mol. The van der Waals surface area contributed by atoms with Crippen molar-refractivity contribution in [1.82, 2.24) is 0 Å². The standard InChI is InChI=1S/C8H14O6/c1-3-11-7(5-9-1)13-14-8-6-10-2-4-12-8/h7-8H,1-6H2. The predicted molar refractivity (Wildman–Crippen MR) is 43.3 cm³/mol. The molecule has 0 radical (unpaired) electrons. The largest absolute Gasteiger partial charge is 0.374 e. The lowest BCUT2D eigenvalue weighted by Gasteiger charge is -2.26. The fourth-order valence-electron chi connectivity index (χ4n) is 1.17. The maximum Gasteiger partial charge on any atom is 0.215 e. The molecule has 2 aliphatic heterocycles. The van der Waals surface area contributed by atoms with Crippen molar-refractivity contribution in [1.29, 1.82) is 0 Å². The van der Waals surface area contributed by atoms with Crippen molar-refractivity contribution < 1.29 is 28.7 Å². The summed E-state index contributed by atoms with van der Waals surface area (Å²) in [5.74, 6) is 0. The Morgan fingerprint density at radius 1 is 0.714 bits per heavy atom. The molecule has 2 unspecified atom stereocenters. The van der Waals surface area contributed by atoms with E-state index in [-0.39, 0.29) is 0 Å². The van der Waals surface area contributed by atoms with Crippen molar-refractivity contribution in [2.45, 2.75) is 12.6 Å². The molecule has 0 amide bonds. The van der Waals surface area contributed by atoms with Crippen LogP contribution in [-0.4, -0.2) is 52.2 Å². The van der Waals surface area contributed by atoms with E-state index in [2.05, 4.69) is 0 Å². The minimum Gasteiger partial charge on any atom is -0.374 e. The highest BCUT2D eigenvalue weighted by Crippen LogP contribution is 2.07. The second-order valence-corrected chi connectivity index (χ2v) is 2.94. The van der Waals surface area contributed by atoms with Gasteiger partial charge < -0.3 is 18.9 Å². The van der Waals surface area contributed by atoms with Crippen LogP contribution in [0, 0.1) is 0 Å². The molecule has 2 heterocycles. The first-order chi connectivity index (χ1) is 6.95. The van der Waals surface area contributed by atoms with Gasteiger partial charge in [0, 0.05) is 0 Å². The van der Waals surface area contributed by atoms with Gasteiger partial charge in [-0.15, -0.1) is 0 Å². The van der Waals surface area contributed by atoms with E-state index in [0.717, 1.165) is 0 Å². The van der Waals surface area contributed by atoms with Gasteiger partial charge in [0.1, 0.15) is 13.2 Å². The minimum atomic E-state index is -0.464. The first-order valence-electron chi connectivity index (χ1n) is 4.66. The van der Waals surface area contributed by atoms with E-state index in [4.69, 9.17) is 28.7 Å². The Morgan fingerprint density at radius 3 is 1.57 bits per heavy atom. The van der Waals surface area contributed by atoms with Crippen LogP contribution in [-0.2, 0) is 28.7 Å². The van der Waals surface area contributed by atoms with Crippen molar-refractivity contribution in [2.24, 2.45) is 0 Å². The molecule has 0 bridgehead atoms. The van der Waals surface area contributed by atoms with Crippen LogP contribution in [0.15, 0.2) is 0 Å². The molecule has 0 aromatic carbocycles. The molecule has 2 atom stereocenters. The zero-order chi connectivity index (χ0) is 9.64. The van der Waals surface area contributed by atoms with E-state index in [1.807, 2.05) is 0 Å². The summed E-state index contributed by atoms with van der Waals surface area (Å²) in [5.41, 5.74) is 0. The van der Waals surface area contributed by atoms with Crippen LogP contribution in [0.3, 0.4) is 0 Å². The molecule has 2 fully saturated rings. The third-order valence-corrected chi connectivity index (χ3v) is 1.84. The van der Waals surface area contributed by atoms with Crippen LogP contribution in [0.25, 0.3) is 0 Å². The smallest absolute Gasteiger partial charge is 0.215 e. The minimum absolute atomic E-state index is 0.383. The van der Waals surface area contributed by atoms with Crippen LogP contribution < -0.4 is 0 Å². The Labute approximate surface area is 81.9 Å². The van der Waals surface area contributed by atoms with Gasteiger partial charge in [-0.05, 0) is 0 Å². The monoisotopic (exact) mass is 206 g/mol. The summed E-state index contributed by atoms with van der Waals surface area (Å²) in [6.07, 6.45) is -0.927. The highest BCUT2D eigenvalue weighted by molar-refractivity contribution is 4.48. The van der Waals surface area contributed by atoms with Crippen molar-refractivity contribution >= 4 is 0 Å². The van der Waals surface area contributed by atoms with E-state index in [1.165, 1.54) is 0 Å². The topological polar surface area (TPSA) is 55.4 Å². The first kappa shape index (κ1) is 10.3. The second kappa shape index (κ2) is 5.59. The van der Waals surface area contributed by atoms with Gasteiger partial charge in [-0.2, -0.15) is 9.78 Å². The Kier molecular flexibility index (Phi) is 4.11. The number of ether oxygens (including phenoxy) is 4. The third-order valence-electron chi connectivity index (χ3n) is 1.84. The van der Waals surface area contributed by atoms with Gasteiger partial charge in [0.15, 0.2) is 0 Å². The van der Waals surface area contributed by atoms with Crippen molar-refractivity contribution in [3.63, 3.8) is 0 Å². The van der Waals surface area contributed by atoms with Crippen LogP contribution in [0.1, 0.15) is 0 Å². The summed E-state index contributed by atoms with van der Waals surface area (Å²) < 4.78 is 20.6. The van der Waals surface area contributed by atoms with E-state index in [9.17, 15) is 0 Å². The van der Waals surface area contributed by atoms with Crippen LogP contribution in [0.4, 0.5) is 0 Å². The quantitative estimate of drug-likeness (QED) is 0.466. The van der Waals surface area contributed by atoms with Crippen molar-refractivity contribution in [3.8, 4) is 0 Å². The highest BCUT2D eigenvalue weighted by Gasteiger charge is 2.21. The lowest BCUT2D eigenvalue weighted by molar-refractivity contribution is -0.454. The average Bonchev–Trinajstić information content (AvgIpc) is 2.29. The summed E-state index contributed by atoms with van der Waals surface area (Å²) in [6, 6.07) is 0. The van der Waals surface area contributed by atoms with Crippen LogP contribution in [0.5, 0.6) is 0 Å². The van der Waals surface area contributed by atoms with Gasteiger partial charge >= 0.3 is 0 Å². The fourth-order valence-corrected chi connectivity index (χ4v) is 1.17. The number of hydrogen-bond acceptors (Lipinski definition) is 6. The van der Waals surface area contributed by atoms with E-state index in [0.29, 0.717) is 39.6 Å². The van der Waals surface area contributed by atoms with Gasteiger partial charge in [0.05, 0.1) is 26.4 Å². The molecule has 0 aliphatic carbocycles. The highest BCUT2D eigenvalue weighted by atomic mass is 17.2. The van der Waals surface area contributed by atoms with Crippen LogP contribution in [0.2, 0.25) is 0 Å². The zero-order valence-electron chi connectivity index (χ0n) is 7.85. The van der Waals surface area contributed by atoms with E-state index >= 15 is 0 Å². The Morgan fingerprint density at radius 2 is 1.21 bits per heavy atom. The molecular formula is C8H14O6. The lowest BCUT2D eigenvalue weighted by atomic mass is 10.6. The SMILES string of the molecule is C1COC(OOC2COCCO2)CO1. The summed E-state index contributed by atoms with van der Waals surface area (Å²) >= 11 is 0. The summed E-state index contributed by atoms with van der Waals surface area (Å²) in [5, 5.41) is 0. The van der Waals surface area contributed by atoms with Crippen molar-refractivity contribution in [2.75, 3.05) is 39.6 Å². The second-order valence-electron chi connectivity index (χ2n) is 2.94. The molecule has 2 saturated heterocycles. The van der Waals surface area contributed by atoms with Gasteiger partial charge in [-0.3, -0.25) is 0 Å². The molecule has 2 rings (SSSR count). The van der Waals surface area contributed by atoms with Crippen LogP contribution >= 0.6 is 0 Å². The van der Waals surface area contributed by atoms with Gasteiger partial charge in [0.25, 0.3) is 0 Å². The Balaban J connectivity index is 1.60. The summed E-state index contributed by atoms with van der Waals surface area (Å²) in [7, 11) is 0. The number of hydrogen-bond donors (Lipinski definition) is 0. The molecule has 82 valence electrons. The maximum absolute atomic E-state index is 5.20. The normalized spacial score (nSPS) is 34.3. The molecule has 0 N–H and O–H groups in total. The summed E-state index contributed by atoms with van der Waals surface area (Å²) in [4.78, 5) is 9.94. The maximum atomic E-state index is 5.20. The molecule has 0 aromatic rings. The summed E-state index contributed by atoms with van der Waals surface area (Å²) in [6.45, 7) is 3.01. The van der Waals surface area contributed by atoms with E-state index < -0.39 is 12.6 Å². The van der Waals surface area contributed by atoms with Crippen molar-refractivity contribution in [3.05, 3.63) is 0 Å². The predicted octanol–water partition coefficient (Wildman–Crippen LogP) is -0.320. The van der Waals surface area contributed by atoms with Gasteiger partial charge in [-0.25, -0.2) is 0 Å². The molecule has 0 saturated carbocycles. The number of rotatable bonds is 3. The molecular weight excluding hydrogens is 192 g/mol. The third kappa shape index (κ3) is 3.16. The Hall–Kier alpha value is -0.240. The molecule has 2 aliphatic rings. The molecule has 14 heavy (non-hydrogen) atoms. The molecule has 6 heteroatoms. The zero-order valence-corrected chi connectivity index (χ0v) is 7.85. The first-order valence-corrected chi connectivity index (χ1v) is 4.66. The lowest BCUT2D eigenvalue weighted by Crippen LogP contribution is -2.36. The Bertz CT molecular complexity index is 134. The molecule has 0 spiro atoms.